The van der Waals surface area contributed by atoms with Crippen LogP contribution in [-0.4, -0.2) is 42.7 Å². The Kier molecular flexibility index (Phi) is 6.32. The maximum absolute atomic E-state index is 12.6. The normalized spacial score (nSPS) is 20.9. The van der Waals surface area contributed by atoms with E-state index in [2.05, 4.69) is 42.5 Å². The number of aryl methyl sites for hydroxylation is 1. The number of hydrogen-bond acceptors (Lipinski definition) is 3. The van der Waals surface area contributed by atoms with Crippen molar-refractivity contribution in [1.29, 1.82) is 0 Å². The highest BCUT2D eigenvalue weighted by atomic mass is 19.3. The number of halogens is 2. The third kappa shape index (κ3) is 4.74. The second-order valence-electron chi connectivity index (χ2n) is 9.19. The first-order valence-corrected chi connectivity index (χ1v) is 11.7. The molecule has 1 fully saturated rings. The van der Waals surface area contributed by atoms with E-state index in [9.17, 15) is 13.9 Å². The number of phenols is 1. The predicted octanol–water partition coefficient (Wildman–Crippen LogP) is 5.83. The lowest BCUT2D eigenvalue weighted by Gasteiger charge is -2.38. The number of alkyl halides is 2. The number of ether oxygens (including phenoxy) is 1. The van der Waals surface area contributed by atoms with Gasteiger partial charge < -0.3 is 9.84 Å². The standard InChI is InChI=1S/C28H29F2NO2/c29-28(30)22-17-31(18-22)14-15-33-24-10-6-20(7-11-24)27-25(19-4-2-1-3-5-19)12-8-21-16-23(32)9-13-26(21)27/h1-7,9-11,13,16,22,25,27-28,32H,8,12,14-15,17-18H2/t25-,27+/m1/s1. The molecular formula is C28H29F2NO2. The summed E-state index contributed by atoms with van der Waals surface area (Å²) in [5.41, 5.74) is 5.04. The van der Waals surface area contributed by atoms with Gasteiger partial charge in [-0.2, -0.15) is 0 Å². The van der Waals surface area contributed by atoms with Crippen molar-refractivity contribution >= 4 is 0 Å². The molecule has 2 aliphatic rings. The quantitative estimate of drug-likeness (QED) is 0.493. The first-order valence-electron chi connectivity index (χ1n) is 11.7. The minimum Gasteiger partial charge on any atom is -0.508 e. The molecule has 0 radical (unpaired) electrons. The molecule has 2 atom stereocenters. The van der Waals surface area contributed by atoms with E-state index in [1.165, 1.54) is 22.3 Å². The summed E-state index contributed by atoms with van der Waals surface area (Å²) in [7, 11) is 0. The zero-order valence-corrected chi connectivity index (χ0v) is 18.5. The minimum absolute atomic E-state index is 0.207. The van der Waals surface area contributed by atoms with Crippen molar-refractivity contribution in [3.05, 3.63) is 95.1 Å². The molecule has 1 aliphatic carbocycles. The lowest BCUT2D eigenvalue weighted by Crippen LogP contribution is -2.51. The Morgan fingerprint density at radius 3 is 2.42 bits per heavy atom. The van der Waals surface area contributed by atoms with Gasteiger partial charge in [-0.3, -0.25) is 4.90 Å². The molecule has 5 rings (SSSR count). The van der Waals surface area contributed by atoms with Crippen molar-refractivity contribution in [1.82, 2.24) is 4.90 Å². The summed E-state index contributed by atoms with van der Waals surface area (Å²) in [6, 6.07) is 24.7. The van der Waals surface area contributed by atoms with E-state index in [4.69, 9.17) is 4.74 Å². The van der Waals surface area contributed by atoms with Gasteiger partial charge in [-0.05, 0) is 65.3 Å². The summed E-state index contributed by atoms with van der Waals surface area (Å²) in [5.74, 6) is 1.20. The Morgan fingerprint density at radius 2 is 1.70 bits per heavy atom. The number of rotatable bonds is 7. The maximum Gasteiger partial charge on any atom is 0.243 e. The lowest BCUT2D eigenvalue weighted by atomic mass is 9.69. The molecule has 172 valence electrons. The number of benzene rings is 3. The Morgan fingerprint density at radius 1 is 0.939 bits per heavy atom. The van der Waals surface area contributed by atoms with Crippen LogP contribution in [0.5, 0.6) is 11.5 Å². The highest BCUT2D eigenvalue weighted by Gasteiger charge is 2.34. The van der Waals surface area contributed by atoms with E-state index >= 15 is 0 Å². The van der Waals surface area contributed by atoms with E-state index < -0.39 is 12.3 Å². The molecule has 5 heteroatoms. The second-order valence-corrected chi connectivity index (χ2v) is 9.19. The van der Waals surface area contributed by atoms with Crippen LogP contribution in [0.25, 0.3) is 0 Å². The van der Waals surface area contributed by atoms with Crippen LogP contribution in [0.15, 0.2) is 72.8 Å². The largest absolute Gasteiger partial charge is 0.508 e. The number of nitrogens with zero attached hydrogens (tertiary/aromatic N) is 1. The van der Waals surface area contributed by atoms with Gasteiger partial charge in [0.15, 0.2) is 0 Å². The van der Waals surface area contributed by atoms with Crippen molar-refractivity contribution in [3.63, 3.8) is 0 Å². The molecule has 3 nitrogen and oxygen atoms in total. The molecular weight excluding hydrogens is 420 g/mol. The van der Waals surface area contributed by atoms with Crippen molar-refractivity contribution in [2.24, 2.45) is 5.92 Å². The van der Waals surface area contributed by atoms with E-state index in [-0.39, 0.29) is 5.92 Å². The van der Waals surface area contributed by atoms with Gasteiger partial charge in [0.05, 0.1) is 0 Å². The number of phenolic OH excluding ortho intramolecular Hbond substituents is 1. The van der Waals surface area contributed by atoms with Crippen LogP contribution in [0.2, 0.25) is 0 Å². The van der Waals surface area contributed by atoms with Gasteiger partial charge in [-0.15, -0.1) is 0 Å². The van der Waals surface area contributed by atoms with Gasteiger partial charge in [0, 0.05) is 31.5 Å². The highest BCUT2D eigenvalue weighted by molar-refractivity contribution is 5.48. The molecule has 1 aliphatic heterocycles. The Hall–Kier alpha value is -2.92. The summed E-state index contributed by atoms with van der Waals surface area (Å²) >= 11 is 0. The predicted molar refractivity (Wildman–Crippen MR) is 125 cm³/mol. The molecule has 1 N–H and O–H groups in total. The molecule has 0 unspecified atom stereocenters. The molecule has 3 aromatic rings. The molecule has 0 aromatic heterocycles. The summed E-state index contributed by atoms with van der Waals surface area (Å²) in [5, 5.41) is 9.99. The smallest absolute Gasteiger partial charge is 0.243 e. The number of aromatic hydroxyl groups is 1. The van der Waals surface area contributed by atoms with Crippen LogP contribution in [0.1, 0.15) is 40.5 Å². The molecule has 0 amide bonds. The second kappa shape index (κ2) is 9.52. The SMILES string of the molecule is Oc1ccc2c(c1)CC[C@H](c1ccccc1)[C@@H]2c1ccc(OCCN2CC(C(F)F)C2)cc1. The Labute approximate surface area is 193 Å². The topological polar surface area (TPSA) is 32.7 Å². The first kappa shape index (κ1) is 21.9. The molecule has 1 heterocycles. The van der Waals surface area contributed by atoms with Crippen LogP contribution in [-0.2, 0) is 6.42 Å². The Balaban J connectivity index is 1.31. The Bertz CT molecular complexity index is 1070. The van der Waals surface area contributed by atoms with E-state index in [1.54, 1.807) is 6.07 Å². The van der Waals surface area contributed by atoms with Gasteiger partial charge in [0.2, 0.25) is 6.43 Å². The fourth-order valence-electron chi connectivity index (χ4n) is 5.29. The van der Waals surface area contributed by atoms with Crippen molar-refractivity contribution in [2.75, 3.05) is 26.2 Å². The molecule has 3 aromatic carbocycles. The van der Waals surface area contributed by atoms with Crippen LogP contribution >= 0.6 is 0 Å². The average molecular weight is 450 g/mol. The summed E-state index contributed by atoms with van der Waals surface area (Å²) in [6.07, 6.45) is -0.244. The van der Waals surface area contributed by atoms with Gasteiger partial charge in [-0.25, -0.2) is 8.78 Å². The fourth-order valence-corrected chi connectivity index (χ4v) is 5.29. The first-order chi connectivity index (χ1) is 16.1. The number of hydrogen-bond donors (Lipinski definition) is 1. The fraction of sp³-hybridized carbons (Fsp3) is 0.357. The van der Waals surface area contributed by atoms with Crippen LogP contribution in [0.3, 0.4) is 0 Å². The monoisotopic (exact) mass is 449 g/mol. The zero-order chi connectivity index (χ0) is 22.8. The van der Waals surface area contributed by atoms with E-state index in [0.717, 1.165) is 18.6 Å². The highest BCUT2D eigenvalue weighted by Crippen LogP contribution is 2.47. The minimum atomic E-state index is -2.22. The molecule has 0 spiro atoms. The number of likely N-dealkylation sites (tertiary alicyclic amines) is 1. The molecule has 1 saturated heterocycles. The van der Waals surface area contributed by atoms with Gasteiger partial charge in [0.25, 0.3) is 0 Å². The van der Waals surface area contributed by atoms with Gasteiger partial charge in [0.1, 0.15) is 18.1 Å². The van der Waals surface area contributed by atoms with Crippen molar-refractivity contribution < 1.29 is 18.6 Å². The van der Waals surface area contributed by atoms with Crippen molar-refractivity contribution in [3.8, 4) is 11.5 Å². The summed E-state index contributed by atoms with van der Waals surface area (Å²) in [6.45, 7) is 2.07. The molecule has 33 heavy (non-hydrogen) atoms. The molecule has 0 bridgehead atoms. The zero-order valence-electron chi connectivity index (χ0n) is 18.5. The third-order valence-electron chi connectivity index (χ3n) is 7.07. The van der Waals surface area contributed by atoms with E-state index in [0.29, 0.717) is 37.9 Å². The average Bonchev–Trinajstić information content (AvgIpc) is 2.80. The van der Waals surface area contributed by atoms with Crippen LogP contribution in [0, 0.1) is 5.92 Å². The van der Waals surface area contributed by atoms with Gasteiger partial charge >= 0.3 is 0 Å². The van der Waals surface area contributed by atoms with Crippen LogP contribution in [0.4, 0.5) is 8.78 Å². The summed E-state index contributed by atoms with van der Waals surface area (Å²) < 4.78 is 31.1. The van der Waals surface area contributed by atoms with Crippen LogP contribution < -0.4 is 4.74 Å². The van der Waals surface area contributed by atoms with Gasteiger partial charge in [-0.1, -0.05) is 48.5 Å². The third-order valence-corrected chi connectivity index (χ3v) is 7.07. The van der Waals surface area contributed by atoms with E-state index in [1.807, 2.05) is 29.2 Å². The lowest BCUT2D eigenvalue weighted by molar-refractivity contribution is -0.0280. The maximum atomic E-state index is 12.6. The number of fused-ring (bicyclic) bond motifs is 1. The molecule has 0 saturated carbocycles. The van der Waals surface area contributed by atoms with Crippen molar-refractivity contribution in [2.45, 2.75) is 31.1 Å². The summed E-state index contributed by atoms with van der Waals surface area (Å²) in [4.78, 5) is 2.00.